The van der Waals surface area contributed by atoms with Crippen molar-refractivity contribution in [1.82, 2.24) is 5.32 Å². The van der Waals surface area contributed by atoms with Crippen LogP contribution in [0.3, 0.4) is 0 Å². The lowest BCUT2D eigenvalue weighted by Gasteiger charge is -2.29. The second-order valence-electron chi connectivity index (χ2n) is 5.29. The molecule has 1 heterocycles. The minimum atomic E-state index is -0.270. The maximum atomic E-state index is 12.1. The van der Waals surface area contributed by atoms with E-state index in [0.29, 0.717) is 17.8 Å². The van der Waals surface area contributed by atoms with E-state index >= 15 is 0 Å². The molecule has 0 aromatic carbocycles. The molecule has 2 fully saturated rings. The molecule has 2 unspecified atom stereocenters. The highest BCUT2D eigenvalue weighted by Crippen LogP contribution is 2.27. The molecule has 3 N–H and O–H groups in total. The first-order valence-corrected chi connectivity index (χ1v) is 8.20. The lowest BCUT2D eigenvalue weighted by atomic mass is 9.94. The minimum absolute atomic E-state index is 0. The van der Waals surface area contributed by atoms with Crippen molar-refractivity contribution in [2.45, 2.75) is 62.0 Å². The summed E-state index contributed by atoms with van der Waals surface area (Å²) in [5.41, 5.74) is 5.56. The summed E-state index contributed by atoms with van der Waals surface area (Å²) in [7, 11) is 0. The van der Waals surface area contributed by atoms with Crippen molar-refractivity contribution in [2.24, 2.45) is 5.73 Å². The number of amides is 1. The van der Waals surface area contributed by atoms with Gasteiger partial charge in [-0.05, 0) is 38.4 Å². The largest absolute Gasteiger partial charge is 0.364 e. The lowest BCUT2D eigenvalue weighted by Crippen LogP contribution is -2.44. The Kier molecular flexibility index (Phi) is 7.50. The third-order valence-electron chi connectivity index (χ3n) is 3.97. The quantitative estimate of drug-likeness (QED) is 0.830. The standard InChI is InChI=1S/C13H24N2O2S.ClH/c1-18-11-4-2-3-9(7-11)15-13(16)12-6-5-10(8-14)17-12;/h9-12H,2-8,14H2,1H3,(H,15,16);1H/t9?,10-,11?,12+;/m1./s1. The van der Waals surface area contributed by atoms with Gasteiger partial charge >= 0.3 is 0 Å². The van der Waals surface area contributed by atoms with Crippen molar-refractivity contribution >= 4 is 30.1 Å². The molecule has 1 saturated carbocycles. The van der Waals surface area contributed by atoms with Crippen molar-refractivity contribution in [3.63, 3.8) is 0 Å². The van der Waals surface area contributed by atoms with Gasteiger partial charge in [0.05, 0.1) is 6.10 Å². The number of carbonyl (C=O) groups excluding carboxylic acids is 1. The van der Waals surface area contributed by atoms with Crippen LogP contribution in [0.15, 0.2) is 0 Å². The molecule has 1 aliphatic heterocycles. The summed E-state index contributed by atoms with van der Waals surface area (Å²) in [6.45, 7) is 0.516. The molecule has 1 saturated heterocycles. The van der Waals surface area contributed by atoms with E-state index in [4.69, 9.17) is 10.5 Å². The van der Waals surface area contributed by atoms with Gasteiger partial charge in [-0.1, -0.05) is 6.42 Å². The Morgan fingerprint density at radius 2 is 2.16 bits per heavy atom. The van der Waals surface area contributed by atoms with Gasteiger partial charge in [0.25, 0.3) is 0 Å². The van der Waals surface area contributed by atoms with E-state index < -0.39 is 0 Å². The Morgan fingerprint density at radius 1 is 1.37 bits per heavy atom. The lowest BCUT2D eigenvalue weighted by molar-refractivity contribution is -0.132. The van der Waals surface area contributed by atoms with Crippen LogP contribution < -0.4 is 11.1 Å². The third kappa shape index (κ3) is 4.81. The van der Waals surface area contributed by atoms with E-state index in [1.807, 2.05) is 11.8 Å². The molecule has 112 valence electrons. The van der Waals surface area contributed by atoms with Crippen molar-refractivity contribution in [3.05, 3.63) is 0 Å². The van der Waals surface area contributed by atoms with Crippen LogP contribution in [0.4, 0.5) is 0 Å². The van der Waals surface area contributed by atoms with Crippen molar-refractivity contribution in [1.29, 1.82) is 0 Å². The fourth-order valence-corrected chi connectivity index (χ4v) is 3.68. The van der Waals surface area contributed by atoms with Gasteiger partial charge in [-0.3, -0.25) is 4.79 Å². The molecule has 4 atom stereocenters. The fourth-order valence-electron chi connectivity index (χ4n) is 2.86. The van der Waals surface area contributed by atoms with Crippen molar-refractivity contribution in [2.75, 3.05) is 12.8 Å². The van der Waals surface area contributed by atoms with Crippen LogP contribution in [-0.2, 0) is 9.53 Å². The SMILES string of the molecule is CSC1CCCC(NC(=O)[C@@H]2CC[C@H](CN)O2)C1.Cl. The predicted molar refractivity (Wildman–Crippen MR) is 81.9 cm³/mol. The van der Waals surface area contributed by atoms with Crippen LogP contribution in [0.5, 0.6) is 0 Å². The summed E-state index contributed by atoms with van der Waals surface area (Å²) in [6, 6.07) is 0.337. The third-order valence-corrected chi connectivity index (χ3v) is 5.06. The zero-order chi connectivity index (χ0) is 13.0. The van der Waals surface area contributed by atoms with E-state index in [1.54, 1.807) is 0 Å². The van der Waals surface area contributed by atoms with E-state index in [9.17, 15) is 4.79 Å². The van der Waals surface area contributed by atoms with Crippen LogP contribution in [0.25, 0.3) is 0 Å². The highest BCUT2D eigenvalue weighted by Gasteiger charge is 2.32. The van der Waals surface area contributed by atoms with Crippen molar-refractivity contribution < 1.29 is 9.53 Å². The molecule has 6 heteroatoms. The number of nitrogens with two attached hydrogens (primary N) is 1. The van der Waals surface area contributed by atoms with E-state index in [1.165, 1.54) is 12.8 Å². The maximum Gasteiger partial charge on any atom is 0.249 e. The number of thioether (sulfide) groups is 1. The Labute approximate surface area is 126 Å². The summed E-state index contributed by atoms with van der Waals surface area (Å²) in [6.07, 6.45) is 8.38. The highest BCUT2D eigenvalue weighted by molar-refractivity contribution is 7.99. The smallest absolute Gasteiger partial charge is 0.249 e. The Bertz CT molecular complexity index is 294. The van der Waals surface area contributed by atoms with E-state index in [0.717, 1.165) is 25.7 Å². The Hall–Kier alpha value is 0.0300. The normalized spacial score (nSPS) is 34.6. The van der Waals surface area contributed by atoms with Gasteiger partial charge in [-0.25, -0.2) is 0 Å². The molecule has 1 amide bonds. The average molecular weight is 309 g/mol. The van der Waals surface area contributed by atoms with Crippen LogP contribution in [0, 0.1) is 0 Å². The highest BCUT2D eigenvalue weighted by atomic mass is 35.5. The number of hydrogen-bond acceptors (Lipinski definition) is 4. The zero-order valence-electron chi connectivity index (χ0n) is 11.5. The molecule has 0 bridgehead atoms. The number of nitrogens with one attached hydrogen (secondary N) is 1. The van der Waals surface area contributed by atoms with Crippen LogP contribution in [0.2, 0.25) is 0 Å². The minimum Gasteiger partial charge on any atom is -0.364 e. The van der Waals surface area contributed by atoms with Crippen molar-refractivity contribution in [3.8, 4) is 0 Å². The molecule has 0 aromatic heterocycles. The molecule has 4 nitrogen and oxygen atoms in total. The van der Waals surface area contributed by atoms with Gasteiger partial charge in [0, 0.05) is 17.8 Å². The fraction of sp³-hybridized carbons (Fsp3) is 0.923. The summed E-state index contributed by atoms with van der Waals surface area (Å²) in [4.78, 5) is 12.1. The van der Waals surface area contributed by atoms with E-state index in [-0.39, 0.29) is 30.5 Å². The van der Waals surface area contributed by atoms with Gasteiger partial charge in [0.1, 0.15) is 6.10 Å². The molecule has 0 radical (unpaired) electrons. The second-order valence-corrected chi connectivity index (χ2v) is 6.43. The Morgan fingerprint density at radius 3 is 2.79 bits per heavy atom. The maximum absolute atomic E-state index is 12.1. The molecular formula is C13H25ClN2O2S. The molecule has 19 heavy (non-hydrogen) atoms. The van der Waals surface area contributed by atoms with Crippen LogP contribution in [-0.4, -0.2) is 42.2 Å². The first kappa shape index (κ1) is 17.1. The topological polar surface area (TPSA) is 64.4 Å². The number of ether oxygens (including phenoxy) is 1. The van der Waals surface area contributed by atoms with Gasteiger partial charge in [-0.15, -0.1) is 12.4 Å². The first-order chi connectivity index (χ1) is 8.72. The summed E-state index contributed by atoms with van der Waals surface area (Å²) in [5, 5.41) is 3.85. The van der Waals surface area contributed by atoms with Crippen LogP contribution in [0.1, 0.15) is 38.5 Å². The van der Waals surface area contributed by atoms with E-state index in [2.05, 4.69) is 11.6 Å². The number of rotatable bonds is 4. The molecule has 1 aliphatic carbocycles. The number of carbonyl (C=O) groups is 1. The van der Waals surface area contributed by atoms with Gasteiger partial charge in [0.15, 0.2) is 0 Å². The average Bonchev–Trinajstić information content (AvgIpc) is 2.88. The predicted octanol–water partition coefficient (Wildman–Crippen LogP) is 1.70. The first-order valence-electron chi connectivity index (χ1n) is 6.91. The van der Waals surface area contributed by atoms with Gasteiger partial charge < -0.3 is 15.8 Å². The number of halogens is 1. The summed E-state index contributed by atoms with van der Waals surface area (Å²) in [5.74, 6) is 0.0673. The molecular weight excluding hydrogens is 284 g/mol. The van der Waals surface area contributed by atoms with Crippen LogP contribution >= 0.6 is 24.2 Å². The molecule has 0 aromatic rings. The van der Waals surface area contributed by atoms with Gasteiger partial charge in [-0.2, -0.15) is 11.8 Å². The zero-order valence-corrected chi connectivity index (χ0v) is 13.1. The van der Waals surface area contributed by atoms with Gasteiger partial charge in [0.2, 0.25) is 5.91 Å². The molecule has 2 aliphatic rings. The summed E-state index contributed by atoms with van der Waals surface area (Å²) >= 11 is 1.91. The Balaban J connectivity index is 0.00000180. The molecule has 0 spiro atoms. The summed E-state index contributed by atoms with van der Waals surface area (Å²) < 4.78 is 5.62. The molecule has 2 rings (SSSR count). The second kappa shape index (κ2) is 8.35. The monoisotopic (exact) mass is 308 g/mol. The number of hydrogen-bond donors (Lipinski definition) is 2.